The number of aryl methyl sites for hydroxylation is 1. The fourth-order valence-corrected chi connectivity index (χ4v) is 4.96. The summed E-state index contributed by atoms with van der Waals surface area (Å²) in [6.45, 7) is 2.21. The number of hydrogen-bond acceptors (Lipinski definition) is 1. The van der Waals surface area contributed by atoms with Crippen LogP contribution >= 0.6 is 0 Å². The summed E-state index contributed by atoms with van der Waals surface area (Å²) in [6.07, 6.45) is 15.6. The molecular formula is C25H28O. The van der Waals surface area contributed by atoms with E-state index >= 15 is 0 Å². The van der Waals surface area contributed by atoms with E-state index in [-0.39, 0.29) is 5.41 Å². The highest BCUT2D eigenvalue weighted by atomic mass is 16.5. The van der Waals surface area contributed by atoms with Crippen molar-refractivity contribution in [2.24, 2.45) is 5.92 Å². The molecule has 1 nitrogen and oxygen atoms in total. The molecule has 4 rings (SSSR count). The van der Waals surface area contributed by atoms with Gasteiger partial charge in [0.25, 0.3) is 0 Å². The minimum Gasteiger partial charge on any atom is -0.496 e. The van der Waals surface area contributed by atoms with Crippen LogP contribution in [-0.2, 0) is 5.41 Å². The predicted molar refractivity (Wildman–Crippen MR) is 110 cm³/mol. The SMILES string of the molecule is COc1c(-c2ccccc2)cc(C)cc1C1(C2C=CC=C2)CCCCC1. The number of allylic oxidation sites excluding steroid dienone is 4. The summed E-state index contributed by atoms with van der Waals surface area (Å²) in [5.74, 6) is 1.54. The molecule has 0 spiro atoms. The van der Waals surface area contributed by atoms with Gasteiger partial charge in [0.15, 0.2) is 0 Å². The van der Waals surface area contributed by atoms with Gasteiger partial charge in [-0.1, -0.05) is 80.0 Å². The van der Waals surface area contributed by atoms with Crippen LogP contribution in [0, 0.1) is 12.8 Å². The van der Waals surface area contributed by atoms with Gasteiger partial charge in [-0.05, 0) is 37.0 Å². The summed E-state index contributed by atoms with van der Waals surface area (Å²) in [4.78, 5) is 0. The van der Waals surface area contributed by atoms with E-state index in [1.807, 2.05) is 7.11 Å². The van der Waals surface area contributed by atoms with E-state index in [4.69, 9.17) is 4.74 Å². The summed E-state index contributed by atoms with van der Waals surface area (Å²) in [7, 11) is 1.83. The molecule has 1 fully saturated rings. The van der Waals surface area contributed by atoms with Crippen LogP contribution < -0.4 is 4.74 Å². The Balaban J connectivity index is 1.93. The molecule has 2 aliphatic rings. The molecule has 0 amide bonds. The molecule has 0 aliphatic heterocycles. The van der Waals surface area contributed by atoms with E-state index in [0.29, 0.717) is 5.92 Å². The second-order valence-electron chi connectivity index (χ2n) is 7.77. The number of rotatable bonds is 4. The molecule has 26 heavy (non-hydrogen) atoms. The summed E-state index contributed by atoms with van der Waals surface area (Å²) < 4.78 is 6.08. The highest BCUT2D eigenvalue weighted by Gasteiger charge is 2.42. The summed E-state index contributed by atoms with van der Waals surface area (Å²) in [5.41, 5.74) is 5.33. The van der Waals surface area contributed by atoms with Crippen molar-refractivity contribution in [2.75, 3.05) is 7.11 Å². The molecular weight excluding hydrogens is 316 g/mol. The third-order valence-electron chi connectivity index (χ3n) is 6.19. The molecule has 134 valence electrons. The summed E-state index contributed by atoms with van der Waals surface area (Å²) in [5, 5.41) is 0. The van der Waals surface area contributed by atoms with Crippen molar-refractivity contribution in [1.82, 2.24) is 0 Å². The highest BCUT2D eigenvalue weighted by molar-refractivity contribution is 5.74. The predicted octanol–water partition coefficient (Wildman–Crippen LogP) is 6.61. The number of ether oxygens (including phenoxy) is 1. The molecule has 0 unspecified atom stereocenters. The Morgan fingerprint density at radius 2 is 1.62 bits per heavy atom. The first-order chi connectivity index (χ1) is 12.7. The van der Waals surface area contributed by atoms with Crippen molar-refractivity contribution in [1.29, 1.82) is 0 Å². The minimum absolute atomic E-state index is 0.155. The Morgan fingerprint density at radius 3 is 2.27 bits per heavy atom. The Bertz CT molecular complexity index is 811. The van der Waals surface area contributed by atoms with E-state index in [9.17, 15) is 0 Å². The van der Waals surface area contributed by atoms with E-state index in [2.05, 4.69) is 73.7 Å². The van der Waals surface area contributed by atoms with E-state index in [1.165, 1.54) is 54.4 Å². The quantitative estimate of drug-likeness (QED) is 0.606. The van der Waals surface area contributed by atoms with E-state index < -0.39 is 0 Å². The standard InChI is InChI=1S/C25H28O/c1-19-17-22(20-11-5-3-6-12-20)24(26-2)23(18-19)25(15-9-4-10-16-25)21-13-7-8-14-21/h3,5-8,11-14,17-18,21H,4,9-10,15-16H2,1-2H3. The average molecular weight is 344 g/mol. The normalized spacial score (nSPS) is 19.0. The Morgan fingerprint density at radius 1 is 0.923 bits per heavy atom. The van der Waals surface area contributed by atoms with Gasteiger partial charge >= 0.3 is 0 Å². The Hall–Kier alpha value is -2.28. The summed E-state index contributed by atoms with van der Waals surface area (Å²) >= 11 is 0. The van der Waals surface area contributed by atoms with Crippen LogP contribution in [-0.4, -0.2) is 7.11 Å². The van der Waals surface area contributed by atoms with Gasteiger partial charge in [0, 0.05) is 22.5 Å². The molecule has 2 aromatic carbocycles. The lowest BCUT2D eigenvalue weighted by Gasteiger charge is -2.43. The molecule has 1 heteroatoms. The second-order valence-corrected chi connectivity index (χ2v) is 7.77. The molecule has 1 saturated carbocycles. The molecule has 0 N–H and O–H groups in total. The monoisotopic (exact) mass is 344 g/mol. The molecule has 0 atom stereocenters. The number of methoxy groups -OCH3 is 1. The van der Waals surface area contributed by atoms with Gasteiger partial charge in [0.05, 0.1) is 7.11 Å². The van der Waals surface area contributed by atoms with Crippen molar-refractivity contribution in [3.05, 3.63) is 77.9 Å². The van der Waals surface area contributed by atoms with Gasteiger partial charge in [0.2, 0.25) is 0 Å². The number of hydrogen-bond donors (Lipinski definition) is 0. The molecule has 0 aromatic heterocycles. The Kier molecular flexibility index (Phi) is 4.72. The van der Waals surface area contributed by atoms with Crippen molar-refractivity contribution < 1.29 is 4.74 Å². The average Bonchev–Trinajstić information content (AvgIpc) is 3.24. The van der Waals surface area contributed by atoms with Gasteiger partial charge in [-0.25, -0.2) is 0 Å². The second kappa shape index (κ2) is 7.15. The van der Waals surface area contributed by atoms with Gasteiger partial charge in [-0.3, -0.25) is 0 Å². The zero-order valence-corrected chi connectivity index (χ0v) is 15.9. The minimum atomic E-state index is 0.155. The van der Waals surface area contributed by atoms with Gasteiger partial charge in [-0.15, -0.1) is 0 Å². The first-order valence-corrected chi connectivity index (χ1v) is 9.84. The zero-order chi connectivity index (χ0) is 18.0. The number of benzene rings is 2. The third-order valence-corrected chi connectivity index (χ3v) is 6.19. The maximum absolute atomic E-state index is 6.08. The van der Waals surface area contributed by atoms with Crippen LogP contribution in [0.3, 0.4) is 0 Å². The smallest absolute Gasteiger partial charge is 0.130 e. The first kappa shape index (κ1) is 17.1. The van der Waals surface area contributed by atoms with Crippen molar-refractivity contribution in [2.45, 2.75) is 44.4 Å². The maximum Gasteiger partial charge on any atom is 0.130 e. The van der Waals surface area contributed by atoms with E-state index in [0.717, 1.165) is 5.75 Å². The molecule has 0 radical (unpaired) electrons. The van der Waals surface area contributed by atoms with Crippen molar-refractivity contribution in [3.63, 3.8) is 0 Å². The molecule has 0 bridgehead atoms. The lowest BCUT2D eigenvalue weighted by Crippen LogP contribution is -2.36. The summed E-state index contributed by atoms with van der Waals surface area (Å²) in [6, 6.07) is 15.3. The lowest BCUT2D eigenvalue weighted by atomic mass is 9.61. The highest BCUT2D eigenvalue weighted by Crippen LogP contribution is 2.52. The molecule has 0 saturated heterocycles. The third kappa shape index (κ3) is 2.90. The van der Waals surface area contributed by atoms with Crippen LogP contribution in [0.25, 0.3) is 11.1 Å². The fourth-order valence-electron chi connectivity index (χ4n) is 4.96. The van der Waals surface area contributed by atoms with Crippen molar-refractivity contribution >= 4 is 0 Å². The lowest BCUT2D eigenvalue weighted by molar-refractivity contribution is 0.244. The van der Waals surface area contributed by atoms with E-state index in [1.54, 1.807) is 0 Å². The maximum atomic E-state index is 6.08. The van der Waals surface area contributed by atoms with Crippen LogP contribution in [0.4, 0.5) is 0 Å². The molecule has 2 aromatic rings. The van der Waals surface area contributed by atoms with Gasteiger partial charge < -0.3 is 4.74 Å². The van der Waals surface area contributed by atoms with Crippen LogP contribution in [0.1, 0.15) is 43.2 Å². The largest absolute Gasteiger partial charge is 0.496 e. The Labute approximate surface area is 157 Å². The first-order valence-electron chi connectivity index (χ1n) is 9.84. The van der Waals surface area contributed by atoms with Crippen LogP contribution in [0.2, 0.25) is 0 Å². The van der Waals surface area contributed by atoms with Gasteiger partial charge in [-0.2, -0.15) is 0 Å². The van der Waals surface area contributed by atoms with Crippen LogP contribution in [0.5, 0.6) is 5.75 Å². The topological polar surface area (TPSA) is 9.23 Å². The molecule has 0 heterocycles. The van der Waals surface area contributed by atoms with Gasteiger partial charge in [0.1, 0.15) is 5.75 Å². The van der Waals surface area contributed by atoms with Crippen LogP contribution in [0.15, 0.2) is 66.8 Å². The zero-order valence-electron chi connectivity index (χ0n) is 15.9. The molecule has 2 aliphatic carbocycles. The van der Waals surface area contributed by atoms with Crippen molar-refractivity contribution in [3.8, 4) is 16.9 Å². The fraction of sp³-hybridized carbons (Fsp3) is 0.360.